The Kier molecular flexibility index (Phi) is 6.81. The third-order valence-corrected chi connectivity index (χ3v) is 3.31. The van der Waals surface area contributed by atoms with Gasteiger partial charge >= 0.3 is 6.18 Å². The zero-order valence-electron chi connectivity index (χ0n) is 12.6. The summed E-state index contributed by atoms with van der Waals surface area (Å²) in [7, 11) is 0. The third-order valence-electron chi connectivity index (χ3n) is 3.07. The van der Waals surface area contributed by atoms with Gasteiger partial charge in [0, 0.05) is 23.3 Å². The molecular formula is C15H22ClF3N2. The summed E-state index contributed by atoms with van der Waals surface area (Å²) in [5, 5.41) is 3.66. The highest BCUT2D eigenvalue weighted by Crippen LogP contribution is 2.29. The van der Waals surface area contributed by atoms with Gasteiger partial charge in [-0.15, -0.1) is 0 Å². The molecule has 0 aliphatic heterocycles. The highest BCUT2D eigenvalue weighted by atomic mass is 35.5. The van der Waals surface area contributed by atoms with Crippen LogP contribution >= 0.6 is 11.6 Å². The molecule has 0 aliphatic carbocycles. The molecule has 0 bridgehead atoms. The topological polar surface area (TPSA) is 15.3 Å². The first-order valence-electron chi connectivity index (χ1n) is 7.07. The second kappa shape index (κ2) is 7.90. The molecule has 1 rings (SSSR count). The Morgan fingerprint density at radius 2 is 1.95 bits per heavy atom. The SMILES string of the molecule is CCCNCc1ccc(Cl)cc1N(CC(F)(F)F)C(C)C. The summed E-state index contributed by atoms with van der Waals surface area (Å²) in [6.45, 7) is 5.90. The van der Waals surface area contributed by atoms with Gasteiger partial charge in [-0.3, -0.25) is 0 Å². The predicted octanol–water partition coefficient (Wildman–Crippen LogP) is 4.62. The van der Waals surface area contributed by atoms with Crippen molar-refractivity contribution in [1.82, 2.24) is 5.32 Å². The van der Waals surface area contributed by atoms with Crippen LogP contribution in [0.15, 0.2) is 18.2 Å². The summed E-state index contributed by atoms with van der Waals surface area (Å²) in [4.78, 5) is 1.34. The second-order valence-electron chi connectivity index (χ2n) is 5.29. The van der Waals surface area contributed by atoms with E-state index in [4.69, 9.17) is 11.6 Å². The Morgan fingerprint density at radius 3 is 2.48 bits per heavy atom. The van der Waals surface area contributed by atoms with Crippen molar-refractivity contribution >= 4 is 17.3 Å². The molecular weight excluding hydrogens is 301 g/mol. The maximum absolute atomic E-state index is 12.8. The molecule has 21 heavy (non-hydrogen) atoms. The summed E-state index contributed by atoms with van der Waals surface area (Å²) < 4.78 is 38.4. The first-order valence-corrected chi connectivity index (χ1v) is 7.45. The van der Waals surface area contributed by atoms with Crippen LogP contribution in [0.3, 0.4) is 0 Å². The fourth-order valence-corrected chi connectivity index (χ4v) is 2.26. The van der Waals surface area contributed by atoms with Gasteiger partial charge in [-0.25, -0.2) is 0 Å². The quantitative estimate of drug-likeness (QED) is 0.737. The monoisotopic (exact) mass is 322 g/mol. The molecule has 1 aromatic carbocycles. The van der Waals surface area contributed by atoms with Gasteiger partial charge in [0.25, 0.3) is 0 Å². The number of benzene rings is 1. The van der Waals surface area contributed by atoms with Crippen molar-refractivity contribution in [2.75, 3.05) is 18.0 Å². The van der Waals surface area contributed by atoms with Crippen molar-refractivity contribution in [2.24, 2.45) is 0 Å². The van der Waals surface area contributed by atoms with Crippen molar-refractivity contribution < 1.29 is 13.2 Å². The van der Waals surface area contributed by atoms with Crippen molar-refractivity contribution in [3.8, 4) is 0 Å². The van der Waals surface area contributed by atoms with Crippen LogP contribution in [0.1, 0.15) is 32.8 Å². The number of nitrogens with zero attached hydrogens (tertiary/aromatic N) is 1. The van der Waals surface area contributed by atoms with Crippen molar-refractivity contribution in [3.05, 3.63) is 28.8 Å². The molecule has 0 radical (unpaired) electrons. The van der Waals surface area contributed by atoms with Crippen molar-refractivity contribution in [2.45, 2.75) is 46.0 Å². The van der Waals surface area contributed by atoms with Gasteiger partial charge in [0.05, 0.1) is 0 Å². The van der Waals surface area contributed by atoms with E-state index in [9.17, 15) is 13.2 Å². The molecule has 0 saturated carbocycles. The van der Waals surface area contributed by atoms with E-state index >= 15 is 0 Å². The molecule has 0 amide bonds. The highest BCUT2D eigenvalue weighted by Gasteiger charge is 2.32. The molecule has 0 aromatic heterocycles. The van der Waals surface area contributed by atoms with Crippen LogP contribution in [-0.2, 0) is 6.54 Å². The standard InChI is InChI=1S/C15H22ClF3N2/c1-4-7-20-9-12-5-6-13(16)8-14(12)21(11(2)3)10-15(17,18)19/h5-6,8,11,20H,4,7,9-10H2,1-3H3. The average molecular weight is 323 g/mol. The van der Waals surface area contributed by atoms with Crippen LogP contribution < -0.4 is 10.2 Å². The molecule has 0 atom stereocenters. The third kappa shape index (κ3) is 6.14. The Morgan fingerprint density at radius 1 is 1.29 bits per heavy atom. The fraction of sp³-hybridized carbons (Fsp3) is 0.600. The highest BCUT2D eigenvalue weighted by molar-refractivity contribution is 6.30. The van der Waals surface area contributed by atoms with E-state index in [-0.39, 0.29) is 6.04 Å². The molecule has 0 saturated heterocycles. The number of hydrogen-bond donors (Lipinski definition) is 1. The summed E-state index contributed by atoms with van der Waals surface area (Å²) in [5.41, 5.74) is 1.37. The first kappa shape index (κ1) is 18.1. The van der Waals surface area contributed by atoms with Gasteiger partial charge in [0.15, 0.2) is 0 Å². The number of hydrogen-bond acceptors (Lipinski definition) is 2. The summed E-state index contributed by atoms with van der Waals surface area (Å²) in [6.07, 6.45) is -3.28. The molecule has 1 N–H and O–H groups in total. The summed E-state index contributed by atoms with van der Waals surface area (Å²) >= 11 is 5.97. The predicted molar refractivity (Wildman–Crippen MR) is 82.0 cm³/mol. The van der Waals surface area contributed by atoms with E-state index in [1.54, 1.807) is 32.0 Å². The van der Waals surface area contributed by atoms with E-state index in [1.165, 1.54) is 4.90 Å². The molecule has 1 aromatic rings. The van der Waals surface area contributed by atoms with Gasteiger partial charge in [0.1, 0.15) is 6.54 Å². The Bertz CT molecular complexity index is 447. The first-order chi connectivity index (χ1) is 9.74. The maximum Gasteiger partial charge on any atom is 0.405 e. The summed E-state index contributed by atoms with van der Waals surface area (Å²) in [5.74, 6) is 0. The molecule has 2 nitrogen and oxygen atoms in total. The molecule has 0 aliphatic rings. The maximum atomic E-state index is 12.8. The Labute approximate surface area is 129 Å². The molecule has 6 heteroatoms. The lowest BCUT2D eigenvalue weighted by atomic mass is 10.1. The minimum atomic E-state index is -4.25. The number of anilines is 1. The molecule has 120 valence electrons. The van der Waals surface area contributed by atoms with Crippen molar-refractivity contribution in [1.29, 1.82) is 0 Å². The smallest absolute Gasteiger partial charge is 0.360 e. The number of rotatable bonds is 7. The van der Waals surface area contributed by atoms with E-state index < -0.39 is 12.7 Å². The van der Waals surface area contributed by atoms with Crippen LogP contribution in [-0.4, -0.2) is 25.3 Å². The van der Waals surface area contributed by atoms with Crippen LogP contribution in [0.25, 0.3) is 0 Å². The number of halogens is 4. The molecule has 0 heterocycles. The van der Waals surface area contributed by atoms with E-state index in [1.807, 2.05) is 6.92 Å². The van der Waals surface area contributed by atoms with Crippen LogP contribution in [0.4, 0.5) is 18.9 Å². The molecule has 0 spiro atoms. The van der Waals surface area contributed by atoms with Crippen molar-refractivity contribution in [3.63, 3.8) is 0 Å². The normalized spacial score (nSPS) is 12.0. The zero-order valence-corrected chi connectivity index (χ0v) is 13.4. The minimum Gasteiger partial charge on any atom is -0.360 e. The van der Waals surface area contributed by atoms with Crippen LogP contribution in [0, 0.1) is 0 Å². The van der Waals surface area contributed by atoms with Gasteiger partial charge in [-0.2, -0.15) is 13.2 Å². The van der Waals surface area contributed by atoms with E-state index in [2.05, 4.69) is 5.32 Å². The van der Waals surface area contributed by atoms with Gasteiger partial charge in [-0.05, 0) is 44.5 Å². The fourth-order valence-electron chi connectivity index (χ4n) is 2.09. The second-order valence-corrected chi connectivity index (χ2v) is 5.72. The molecule has 0 fully saturated rings. The number of alkyl halides is 3. The largest absolute Gasteiger partial charge is 0.405 e. The van der Waals surface area contributed by atoms with Gasteiger partial charge < -0.3 is 10.2 Å². The van der Waals surface area contributed by atoms with Gasteiger partial charge in [-0.1, -0.05) is 24.6 Å². The summed E-state index contributed by atoms with van der Waals surface area (Å²) in [6, 6.07) is 4.83. The Hall–Kier alpha value is -0.940. The molecule has 0 unspecified atom stereocenters. The van der Waals surface area contributed by atoms with E-state index in [0.29, 0.717) is 17.3 Å². The van der Waals surface area contributed by atoms with E-state index in [0.717, 1.165) is 18.5 Å². The lowest BCUT2D eigenvalue weighted by Gasteiger charge is -2.32. The van der Waals surface area contributed by atoms with Crippen LogP contribution in [0.2, 0.25) is 5.02 Å². The number of nitrogens with one attached hydrogen (secondary N) is 1. The lowest BCUT2D eigenvalue weighted by Crippen LogP contribution is -2.40. The zero-order chi connectivity index (χ0) is 16.0. The van der Waals surface area contributed by atoms with Gasteiger partial charge in [0.2, 0.25) is 0 Å². The lowest BCUT2D eigenvalue weighted by molar-refractivity contribution is -0.120. The minimum absolute atomic E-state index is 0.269. The van der Waals surface area contributed by atoms with Crippen LogP contribution in [0.5, 0.6) is 0 Å². The average Bonchev–Trinajstić information content (AvgIpc) is 2.36. The Balaban J connectivity index is 3.07.